The summed E-state index contributed by atoms with van der Waals surface area (Å²) >= 11 is 0. The van der Waals surface area contributed by atoms with Crippen LogP contribution in [-0.2, 0) is 28.6 Å². The summed E-state index contributed by atoms with van der Waals surface area (Å²) in [7, 11) is 0. The Morgan fingerprint density at radius 1 is 0.420 bits per heavy atom. The van der Waals surface area contributed by atoms with Gasteiger partial charge in [0.15, 0.2) is 6.10 Å². The predicted octanol–water partition coefficient (Wildman–Crippen LogP) is 12.8. The third kappa shape index (κ3) is 36.6. The van der Waals surface area contributed by atoms with Gasteiger partial charge in [-0.15, -0.1) is 0 Å². The first-order chi connectivity index (χ1) is 24.5. The van der Waals surface area contributed by atoms with Crippen molar-refractivity contribution in [2.75, 3.05) is 13.2 Å². The normalized spacial score (nSPS) is 12.5. The van der Waals surface area contributed by atoms with Crippen LogP contribution in [0.2, 0.25) is 0 Å². The van der Waals surface area contributed by atoms with Gasteiger partial charge >= 0.3 is 17.9 Å². The molecule has 0 heterocycles. The zero-order valence-electron chi connectivity index (χ0n) is 32.7. The van der Waals surface area contributed by atoms with Crippen molar-refractivity contribution in [2.24, 2.45) is 0 Å². The summed E-state index contributed by atoms with van der Waals surface area (Å²) in [5.41, 5.74) is 0. The molecule has 0 radical (unpaired) electrons. The van der Waals surface area contributed by atoms with E-state index < -0.39 is 6.10 Å². The van der Waals surface area contributed by atoms with Crippen LogP contribution in [-0.4, -0.2) is 37.2 Å². The van der Waals surface area contributed by atoms with Gasteiger partial charge in [0, 0.05) is 19.3 Å². The number of carbonyl (C=O) groups excluding carboxylic acids is 3. The second-order valence-electron chi connectivity index (χ2n) is 13.5. The highest BCUT2D eigenvalue weighted by Gasteiger charge is 2.19. The van der Waals surface area contributed by atoms with E-state index in [2.05, 4.69) is 69.4 Å². The predicted molar refractivity (Wildman–Crippen MR) is 210 cm³/mol. The molecule has 0 aromatic carbocycles. The molecule has 0 aliphatic carbocycles. The van der Waals surface area contributed by atoms with Crippen molar-refractivity contribution in [2.45, 2.75) is 200 Å². The molecule has 0 aromatic heterocycles. The number of carbonyl (C=O) groups is 3. The molecule has 1 unspecified atom stereocenters. The van der Waals surface area contributed by atoms with Crippen LogP contribution in [0.5, 0.6) is 0 Å². The number of unbranched alkanes of at least 4 members (excludes halogenated alkanes) is 17. The van der Waals surface area contributed by atoms with Crippen LogP contribution in [0, 0.1) is 0 Å². The van der Waals surface area contributed by atoms with Gasteiger partial charge in [0.25, 0.3) is 0 Å². The number of ether oxygens (including phenoxy) is 3. The number of hydrogen-bond donors (Lipinski definition) is 0. The fourth-order valence-corrected chi connectivity index (χ4v) is 5.47. The molecule has 0 bridgehead atoms. The molecule has 0 fully saturated rings. The Bertz CT molecular complexity index is 902. The largest absolute Gasteiger partial charge is 0.462 e. The van der Waals surface area contributed by atoms with Gasteiger partial charge in [-0.05, 0) is 64.2 Å². The fourth-order valence-electron chi connectivity index (χ4n) is 5.47. The fraction of sp³-hybridized carbons (Fsp3) is 0.750. The molecule has 0 spiro atoms. The highest BCUT2D eigenvalue weighted by molar-refractivity contribution is 5.71. The summed E-state index contributed by atoms with van der Waals surface area (Å²) < 4.78 is 16.5. The SMILES string of the molecule is CC/C=C\C/C=C\C/C=C\CCCC(=O)OC(COC(=O)CCC/C=C\CCCCCC)COC(=O)CCCCCCCCCCCCCC. The first-order valence-corrected chi connectivity index (χ1v) is 20.6. The molecule has 288 valence electrons. The van der Waals surface area contributed by atoms with E-state index in [1.807, 2.05) is 0 Å². The van der Waals surface area contributed by atoms with Gasteiger partial charge in [-0.25, -0.2) is 0 Å². The Balaban J connectivity index is 4.46. The van der Waals surface area contributed by atoms with Gasteiger partial charge in [0.1, 0.15) is 13.2 Å². The smallest absolute Gasteiger partial charge is 0.306 e. The number of esters is 3. The van der Waals surface area contributed by atoms with Gasteiger partial charge in [-0.2, -0.15) is 0 Å². The molecule has 50 heavy (non-hydrogen) atoms. The second kappa shape index (κ2) is 39.2. The van der Waals surface area contributed by atoms with Crippen molar-refractivity contribution in [3.63, 3.8) is 0 Å². The zero-order chi connectivity index (χ0) is 36.6. The maximum absolute atomic E-state index is 12.6. The summed E-state index contributed by atoms with van der Waals surface area (Å²) in [5, 5.41) is 0. The van der Waals surface area contributed by atoms with Crippen LogP contribution in [0.15, 0.2) is 48.6 Å². The quantitative estimate of drug-likeness (QED) is 0.0280. The van der Waals surface area contributed by atoms with Crippen LogP contribution in [0.1, 0.15) is 194 Å². The molecule has 6 heteroatoms. The van der Waals surface area contributed by atoms with Crippen molar-refractivity contribution in [3.05, 3.63) is 48.6 Å². The maximum atomic E-state index is 12.6. The summed E-state index contributed by atoms with van der Waals surface area (Å²) in [4.78, 5) is 37.4. The third-order valence-electron chi connectivity index (χ3n) is 8.57. The Morgan fingerprint density at radius 2 is 0.800 bits per heavy atom. The van der Waals surface area contributed by atoms with Gasteiger partial charge in [0.05, 0.1) is 0 Å². The van der Waals surface area contributed by atoms with Crippen molar-refractivity contribution in [1.82, 2.24) is 0 Å². The van der Waals surface area contributed by atoms with Crippen molar-refractivity contribution in [3.8, 4) is 0 Å². The van der Waals surface area contributed by atoms with Gasteiger partial charge < -0.3 is 14.2 Å². The minimum atomic E-state index is -0.803. The first-order valence-electron chi connectivity index (χ1n) is 20.6. The molecule has 0 aliphatic heterocycles. The summed E-state index contributed by atoms with van der Waals surface area (Å²) in [6.07, 6.45) is 44.0. The summed E-state index contributed by atoms with van der Waals surface area (Å²) in [6, 6.07) is 0. The molecular weight excluding hydrogens is 624 g/mol. The number of hydrogen-bond acceptors (Lipinski definition) is 6. The average Bonchev–Trinajstić information content (AvgIpc) is 3.11. The van der Waals surface area contributed by atoms with Gasteiger partial charge in [-0.1, -0.05) is 159 Å². The molecule has 0 saturated heterocycles. The van der Waals surface area contributed by atoms with Crippen LogP contribution in [0.4, 0.5) is 0 Å². The second-order valence-corrected chi connectivity index (χ2v) is 13.5. The molecule has 6 nitrogen and oxygen atoms in total. The lowest BCUT2D eigenvalue weighted by molar-refractivity contribution is -0.167. The van der Waals surface area contributed by atoms with E-state index >= 15 is 0 Å². The van der Waals surface area contributed by atoms with Crippen molar-refractivity contribution < 1.29 is 28.6 Å². The van der Waals surface area contributed by atoms with Crippen LogP contribution in [0.3, 0.4) is 0 Å². The standard InChI is InChI=1S/C44H76O6/c1-4-7-10-13-16-19-21-23-25-28-31-34-37-43(46)49-40-41(39-48-42(45)36-33-30-27-24-18-15-12-9-6-3)50-44(47)38-35-32-29-26-22-20-17-14-11-8-5-2/h8,11,17,20,24,26-27,29,41H,4-7,9-10,12-16,18-19,21-23,25,28,30-40H2,1-3H3/b11-8-,20-17-,27-24-,29-26-. The Kier molecular flexibility index (Phi) is 37.1. The van der Waals surface area contributed by atoms with Gasteiger partial charge in [-0.3, -0.25) is 14.4 Å². The average molecular weight is 701 g/mol. The van der Waals surface area contributed by atoms with E-state index in [0.717, 1.165) is 57.8 Å². The Hall–Kier alpha value is -2.63. The lowest BCUT2D eigenvalue weighted by Crippen LogP contribution is -2.30. The van der Waals surface area contributed by atoms with Crippen molar-refractivity contribution in [1.29, 1.82) is 0 Å². The van der Waals surface area contributed by atoms with Gasteiger partial charge in [0.2, 0.25) is 0 Å². The Morgan fingerprint density at radius 3 is 1.32 bits per heavy atom. The molecule has 0 saturated carbocycles. The first kappa shape index (κ1) is 47.4. The van der Waals surface area contributed by atoms with Crippen LogP contribution < -0.4 is 0 Å². The summed E-state index contributed by atoms with van der Waals surface area (Å²) in [5.74, 6) is -1.000. The minimum Gasteiger partial charge on any atom is -0.462 e. The lowest BCUT2D eigenvalue weighted by Gasteiger charge is -2.18. The lowest BCUT2D eigenvalue weighted by atomic mass is 10.0. The number of rotatable bonds is 36. The molecule has 0 aliphatic rings. The minimum absolute atomic E-state index is 0.101. The maximum Gasteiger partial charge on any atom is 0.306 e. The molecular formula is C44H76O6. The Labute approximate surface area is 307 Å². The van der Waals surface area contributed by atoms with E-state index in [4.69, 9.17) is 14.2 Å². The van der Waals surface area contributed by atoms with E-state index in [0.29, 0.717) is 25.7 Å². The molecule has 1 atom stereocenters. The highest BCUT2D eigenvalue weighted by Crippen LogP contribution is 2.13. The molecule has 0 amide bonds. The molecule has 0 rings (SSSR count). The third-order valence-corrected chi connectivity index (χ3v) is 8.57. The van der Waals surface area contributed by atoms with Crippen molar-refractivity contribution >= 4 is 17.9 Å². The van der Waals surface area contributed by atoms with E-state index in [1.165, 1.54) is 83.5 Å². The van der Waals surface area contributed by atoms with Crippen LogP contribution >= 0.6 is 0 Å². The van der Waals surface area contributed by atoms with E-state index in [9.17, 15) is 14.4 Å². The van der Waals surface area contributed by atoms with E-state index in [-0.39, 0.29) is 37.5 Å². The summed E-state index contributed by atoms with van der Waals surface area (Å²) in [6.45, 7) is 6.38. The zero-order valence-corrected chi connectivity index (χ0v) is 32.7. The highest BCUT2D eigenvalue weighted by atomic mass is 16.6. The van der Waals surface area contributed by atoms with Crippen LogP contribution in [0.25, 0.3) is 0 Å². The molecule has 0 aromatic rings. The topological polar surface area (TPSA) is 78.9 Å². The monoisotopic (exact) mass is 701 g/mol. The number of allylic oxidation sites excluding steroid dienone is 8. The van der Waals surface area contributed by atoms with E-state index in [1.54, 1.807) is 0 Å². The molecule has 0 N–H and O–H groups in total.